The number of nitrogens with one attached hydrogen (secondary N) is 1. The molecule has 3 aromatic heterocycles. The number of ether oxygens (including phenoxy) is 1. The number of benzene rings is 1. The summed E-state index contributed by atoms with van der Waals surface area (Å²) < 4.78 is 33.6. The highest BCUT2D eigenvalue weighted by Gasteiger charge is 2.24. The van der Waals surface area contributed by atoms with Crippen molar-refractivity contribution in [2.24, 2.45) is 5.73 Å². The smallest absolute Gasteiger partial charge is 0.269 e. The molecule has 1 aromatic carbocycles. The van der Waals surface area contributed by atoms with Crippen LogP contribution in [0.2, 0.25) is 5.15 Å². The van der Waals surface area contributed by atoms with E-state index in [-0.39, 0.29) is 17.0 Å². The van der Waals surface area contributed by atoms with Gasteiger partial charge in [0.2, 0.25) is 0 Å². The average molecular weight is 512 g/mol. The Morgan fingerprint density at radius 2 is 1.97 bits per heavy atom. The van der Waals surface area contributed by atoms with E-state index in [4.69, 9.17) is 22.1 Å². The van der Waals surface area contributed by atoms with Crippen molar-refractivity contribution < 1.29 is 13.2 Å². The van der Waals surface area contributed by atoms with Crippen LogP contribution in [0.3, 0.4) is 0 Å². The number of methoxy groups -OCH3 is 1. The van der Waals surface area contributed by atoms with Gasteiger partial charge in [-0.25, -0.2) is 22.4 Å². The van der Waals surface area contributed by atoms with Crippen LogP contribution in [0.1, 0.15) is 25.7 Å². The van der Waals surface area contributed by atoms with Crippen LogP contribution in [0.4, 0.5) is 5.82 Å². The fraction of sp³-hybridized carbons (Fsp3) is 0.280. The SMILES string of the molecule is COc1cnc2c(c1)c(-c1cc(Cl)nc(NC3CCCC(N)C3)c1)cn2S(=O)(=O)c1ccccc1. The second-order valence-corrected chi connectivity index (χ2v) is 10.9. The number of fused-ring (bicyclic) bond motifs is 1. The predicted molar refractivity (Wildman–Crippen MR) is 137 cm³/mol. The van der Waals surface area contributed by atoms with Crippen molar-refractivity contribution in [2.45, 2.75) is 42.7 Å². The molecule has 4 aromatic rings. The molecule has 5 rings (SSSR count). The highest BCUT2D eigenvalue weighted by molar-refractivity contribution is 7.90. The van der Waals surface area contributed by atoms with Gasteiger partial charge in [0, 0.05) is 29.2 Å². The Kier molecular flexibility index (Phi) is 6.39. The van der Waals surface area contributed by atoms with Crippen LogP contribution in [0.25, 0.3) is 22.2 Å². The molecule has 2 unspecified atom stereocenters. The highest BCUT2D eigenvalue weighted by Crippen LogP contribution is 2.36. The molecular weight excluding hydrogens is 486 g/mol. The number of nitrogens with zero attached hydrogens (tertiary/aromatic N) is 3. The lowest BCUT2D eigenvalue weighted by molar-refractivity contribution is 0.409. The fourth-order valence-corrected chi connectivity index (χ4v) is 6.14. The maximum absolute atomic E-state index is 13.5. The zero-order valence-electron chi connectivity index (χ0n) is 19.2. The molecule has 0 saturated heterocycles. The molecule has 2 atom stereocenters. The summed E-state index contributed by atoms with van der Waals surface area (Å²) in [5.41, 5.74) is 7.81. The van der Waals surface area contributed by atoms with Crippen molar-refractivity contribution >= 4 is 38.5 Å². The average Bonchev–Trinajstić information content (AvgIpc) is 3.24. The van der Waals surface area contributed by atoms with Crippen LogP contribution in [-0.2, 0) is 10.0 Å². The maximum Gasteiger partial charge on any atom is 0.269 e. The minimum atomic E-state index is -3.89. The summed E-state index contributed by atoms with van der Waals surface area (Å²) in [4.78, 5) is 9.03. The summed E-state index contributed by atoms with van der Waals surface area (Å²) in [7, 11) is -2.34. The highest BCUT2D eigenvalue weighted by atomic mass is 35.5. The van der Waals surface area contributed by atoms with Gasteiger partial charge < -0.3 is 15.8 Å². The molecule has 0 radical (unpaired) electrons. The molecule has 0 spiro atoms. The van der Waals surface area contributed by atoms with E-state index in [2.05, 4.69) is 15.3 Å². The van der Waals surface area contributed by atoms with Crippen molar-refractivity contribution in [2.75, 3.05) is 12.4 Å². The summed E-state index contributed by atoms with van der Waals surface area (Å²) in [6.07, 6.45) is 7.03. The van der Waals surface area contributed by atoms with Gasteiger partial charge in [0.05, 0.1) is 18.2 Å². The number of nitrogens with two attached hydrogens (primary N) is 1. The molecular formula is C25H26ClN5O3S. The van der Waals surface area contributed by atoms with E-state index in [9.17, 15) is 8.42 Å². The Morgan fingerprint density at radius 3 is 2.71 bits per heavy atom. The van der Waals surface area contributed by atoms with Gasteiger partial charge >= 0.3 is 0 Å². The van der Waals surface area contributed by atoms with Gasteiger partial charge in [-0.05, 0) is 61.6 Å². The van der Waals surface area contributed by atoms with Crippen molar-refractivity contribution in [1.82, 2.24) is 13.9 Å². The molecule has 0 bridgehead atoms. The number of rotatable bonds is 6. The lowest BCUT2D eigenvalue weighted by Gasteiger charge is -2.27. The van der Waals surface area contributed by atoms with Crippen LogP contribution < -0.4 is 15.8 Å². The van der Waals surface area contributed by atoms with Crippen LogP contribution in [0.15, 0.2) is 65.8 Å². The molecule has 3 N–H and O–H groups in total. The van der Waals surface area contributed by atoms with Gasteiger partial charge in [0.25, 0.3) is 10.0 Å². The molecule has 0 amide bonds. The van der Waals surface area contributed by atoms with Gasteiger partial charge in [0.15, 0.2) is 5.65 Å². The van der Waals surface area contributed by atoms with E-state index in [0.717, 1.165) is 31.2 Å². The second kappa shape index (κ2) is 9.49. The summed E-state index contributed by atoms with van der Waals surface area (Å²) in [5.74, 6) is 1.14. The number of hydrogen-bond acceptors (Lipinski definition) is 7. The van der Waals surface area contributed by atoms with E-state index >= 15 is 0 Å². The van der Waals surface area contributed by atoms with Crippen LogP contribution in [0, 0.1) is 0 Å². The lowest BCUT2D eigenvalue weighted by Crippen LogP contribution is -2.35. The fourth-order valence-electron chi connectivity index (χ4n) is 4.59. The van der Waals surface area contributed by atoms with Gasteiger partial charge in [-0.2, -0.15) is 0 Å². The maximum atomic E-state index is 13.5. The largest absolute Gasteiger partial charge is 0.495 e. The molecule has 1 aliphatic carbocycles. The zero-order valence-corrected chi connectivity index (χ0v) is 20.8. The Balaban J connectivity index is 1.63. The number of pyridine rings is 2. The van der Waals surface area contributed by atoms with E-state index in [0.29, 0.717) is 33.3 Å². The lowest BCUT2D eigenvalue weighted by atomic mass is 9.91. The number of halogens is 1. The predicted octanol–water partition coefficient (Wildman–Crippen LogP) is 4.68. The minimum absolute atomic E-state index is 0.166. The third-order valence-corrected chi connectivity index (χ3v) is 8.15. The molecule has 1 fully saturated rings. The van der Waals surface area contributed by atoms with Crippen molar-refractivity contribution in [3.63, 3.8) is 0 Å². The Labute approximate surface area is 209 Å². The van der Waals surface area contributed by atoms with Gasteiger partial charge in [-0.15, -0.1) is 0 Å². The molecule has 3 heterocycles. The first-order valence-corrected chi connectivity index (χ1v) is 13.2. The molecule has 0 aliphatic heterocycles. The molecule has 8 nitrogen and oxygen atoms in total. The van der Waals surface area contributed by atoms with Crippen LogP contribution in [-0.4, -0.2) is 41.6 Å². The Bertz CT molecular complexity index is 1470. The number of hydrogen-bond donors (Lipinski definition) is 2. The topological polar surface area (TPSA) is 112 Å². The summed E-state index contributed by atoms with van der Waals surface area (Å²) in [6, 6.07) is 14.0. The van der Waals surface area contributed by atoms with E-state index in [1.165, 1.54) is 10.2 Å². The van der Waals surface area contributed by atoms with Gasteiger partial charge in [0.1, 0.15) is 16.7 Å². The van der Waals surface area contributed by atoms with Crippen molar-refractivity contribution in [1.29, 1.82) is 0 Å². The van der Waals surface area contributed by atoms with Gasteiger partial charge in [-0.1, -0.05) is 29.8 Å². The zero-order chi connectivity index (χ0) is 24.6. The summed E-state index contributed by atoms with van der Waals surface area (Å²) in [5, 5.41) is 4.38. The quantitative estimate of drug-likeness (QED) is 0.361. The first-order valence-electron chi connectivity index (χ1n) is 11.4. The summed E-state index contributed by atoms with van der Waals surface area (Å²) >= 11 is 6.41. The normalized spacial score (nSPS) is 18.5. The van der Waals surface area contributed by atoms with Crippen molar-refractivity contribution in [3.8, 4) is 16.9 Å². The third kappa shape index (κ3) is 4.71. The first kappa shape index (κ1) is 23.6. The molecule has 182 valence electrons. The molecule has 10 heteroatoms. The van der Waals surface area contributed by atoms with Crippen LogP contribution >= 0.6 is 11.6 Å². The standard InChI is InChI=1S/C25H26ClN5O3S/c1-34-19-13-21-22(15-31(25(21)28-14-19)35(32,33)20-8-3-2-4-9-20)16-10-23(26)30-24(11-16)29-18-7-5-6-17(27)12-18/h2-4,8-11,13-15,17-18H,5-7,12,27H2,1H3,(H,29,30). The first-order chi connectivity index (χ1) is 16.8. The van der Waals surface area contributed by atoms with E-state index in [1.807, 2.05) is 6.07 Å². The van der Waals surface area contributed by atoms with E-state index < -0.39 is 10.0 Å². The molecule has 1 aliphatic rings. The minimum Gasteiger partial charge on any atom is -0.495 e. The molecule has 1 saturated carbocycles. The molecule has 35 heavy (non-hydrogen) atoms. The van der Waals surface area contributed by atoms with Gasteiger partial charge in [-0.3, -0.25) is 0 Å². The second-order valence-electron chi connectivity index (χ2n) is 8.73. The third-order valence-electron chi connectivity index (χ3n) is 6.29. The Morgan fingerprint density at radius 1 is 1.17 bits per heavy atom. The van der Waals surface area contributed by atoms with Crippen LogP contribution in [0.5, 0.6) is 5.75 Å². The summed E-state index contributed by atoms with van der Waals surface area (Å²) in [6.45, 7) is 0. The van der Waals surface area contributed by atoms with Crippen molar-refractivity contribution in [3.05, 3.63) is 66.1 Å². The number of aromatic nitrogens is 3. The Hall–Kier alpha value is -3.14. The number of anilines is 1. The monoisotopic (exact) mass is 511 g/mol. The van der Waals surface area contributed by atoms with E-state index in [1.54, 1.807) is 55.8 Å².